The fourth-order valence-electron chi connectivity index (χ4n) is 2.72. The number of rotatable bonds is 4. The van der Waals surface area contributed by atoms with Crippen LogP contribution in [0.15, 0.2) is 30.6 Å². The van der Waals surface area contributed by atoms with Crippen LogP contribution in [0.2, 0.25) is 0 Å². The molecule has 1 N–H and O–H groups in total. The molecule has 1 aliphatic rings. The Hall–Kier alpha value is -2.97. The predicted molar refractivity (Wildman–Crippen MR) is 87.5 cm³/mol. The molecule has 0 saturated heterocycles. The lowest BCUT2D eigenvalue weighted by Crippen LogP contribution is -2.51. The standard InChI is InChI=1S/C15H19N7O2/c1-11(17-14(23)9-21-10-16-18-19-21)15(24)22-8-7-20(2)12-5-3-4-6-13(12)22/h3-6,10-11H,7-9H2,1-2H3,(H,17,23)/t11-/m1/s1. The predicted octanol–water partition coefficient (Wildman–Crippen LogP) is -0.339. The third-order valence-electron chi connectivity index (χ3n) is 3.95. The van der Waals surface area contributed by atoms with Crippen LogP contribution in [0.4, 0.5) is 11.4 Å². The SMILES string of the molecule is C[C@@H](NC(=O)Cn1cnnn1)C(=O)N1CCN(C)c2ccccc21. The van der Waals surface area contributed by atoms with Crippen LogP contribution >= 0.6 is 0 Å². The van der Waals surface area contributed by atoms with Crippen molar-refractivity contribution in [1.82, 2.24) is 25.5 Å². The largest absolute Gasteiger partial charge is 0.371 e. The Balaban J connectivity index is 1.68. The Morgan fingerprint density at radius 2 is 2.00 bits per heavy atom. The van der Waals surface area contributed by atoms with Crippen LogP contribution in [-0.2, 0) is 16.1 Å². The van der Waals surface area contributed by atoms with Gasteiger partial charge in [-0.3, -0.25) is 9.59 Å². The van der Waals surface area contributed by atoms with E-state index in [1.54, 1.807) is 11.8 Å². The molecule has 0 saturated carbocycles. The summed E-state index contributed by atoms with van der Waals surface area (Å²) in [7, 11) is 2.00. The normalized spacial score (nSPS) is 14.9. The number of nitrogens with one attached hydrogen (secondary N) is 1. The van der Waals surface area contributed by atoms with Gasteiger partial charge in [-0.05, 0) is 29.5 Å². The molecule has 9 nitrogen and oxygen atoms in total. The third kappa shape index (κ3) is 3.19. The fourth-order valence-corrected chi connectivity index (χ4v) is 2.72. The molecular weight excluding hydrogens is 310 g/mol. The number of benzene rings is 1. The highest BCUT2D eigenvalue weighted by atomic mass is 16.2. The van der Waals surface area contributed by atoms with E-state index in [4.69, 9.17) is 0 Å². The highest BCUT2D eigenvalue weighted by Gasteiger charge is 2.28. The zero-order valence-electron chi connectivity index (χ0n) is 13.6. The summed E-state index contributed by atoms with van der Waals surface area (Å²) in [4.78, 5) is 28.6. The summed E-state index contributed by atoms with van der Waals surface area (Å²) in [5.74, 6) is -0.453. The number of carbonyl (C=O) groups is 2. The van der Waals surface area contributed by atoms with Gasteiger partial charge in [0.25, 0.3) is 0 Å². The number of para-hydroxylation sites is 2. The monoisotopic (exact) mass is 329 g/mol. The first-order chi connectivity index (χ1) is 11.6. The molecule has 0 unspecified atom stereocenters. The first-order valence-electron chi connectivity index (χ1n) is 7.68. The smallest absolute Gasteiger partial charge is 0.249 e. The van der Waals surface area contributed by atoms with Crippen LogP contribution in [0.25, 0.3) is 0 Å². The van der Waals surface area contributed by atoms with Gasteiger partial charge in [0.1, 0.15) is 18.9 Å². The van der Waals surface area contributed by atoms with E-state index in [9.17, 15) is 9.59 Å². The Kier molecular flexibility index (Phi) is 4.41. The summed E-state index contributed by atoms with van der Waals surface area (Å²) in [5, 5.41) is 13.3. The molecular formula is C15H19N7O2. The van der Waals surface area contributed by atoms with E-state index < -0.39 is 6.04 Å². The molecule has 3 rings (SSSR count). The highest BCUT2D eigenvalue weighted by Crippen LogP contribution is 2.31. The van der Waals surface area contributed by atoms with E-state index in [1.807, 2.05) is 31.3 Å². The van der Waals surface area contributed by atoms with Gasteiger partial charge in [0.05, 0.1) is 11.4 Å². The lowest BCUT2D eigenvalue weighted by molar-refractivity contribution is -0.127. The van der Waals surface area contributed by atoms with Crippen molar-refractivity contribution in [2.24, 2.45) is 0 Å². The van der Waals surface area contributed by atoms with Crippen molar-refractivity contribution in [2.75, 3.05) is 29.9 Å². The lowest BCUT2D eigenvalue weighted by Gasteiger charge is -2.36. The van der Waals surface area contributed by atoms with Gasteiger partial charge < -0.3 is 15.1 Å². The molecule has 2 aromatic rings. The van der Waals surface area contributed by atoms with Crippen LogP contribution in [0, 0.1) is 0 Å². The number of amides is 2. The number of tetrazole rings is 1. The van der Waals surface area contributed by atoms with Gasteiger partial charge in [0, 0.05) is 20.1 Å². The van der Waals surface area contributed by atoms with Gasteiger partial charge in [0.15, 0.2) is 0 Å². The van der Waals surface area contributed by atoms with Crippen molar-refractivity contribution in [3.63, 3.8) is 0 Å². The lowest BCUT2D eigenvalue weighted by atomic mass is 10.1. The van der Waals surface area contributed by atoms with Crippen molar-refractivity contribution in [3.05, 3.63) is 30.6 Å². The average Bonchev–Trinajstić information content (AvgIpc) is 3.07. The van der Waals surface area contributed by atoms with Crippen LogP contribution in [0.1, 0.15) is 6.92 Å². The van der Waals surface area contributed by atoms with Gasteiger partial charge in [-0.15, -0.1) is 5.10 Å². The van der Waals surface area contributed by atoms with Crippen molar-refractivity contribution in [2.45, 2.75) is 19.5 Å². The van der Waals surface area contributed by atoms with E-state index in [0.29, 0.717) is 6.54 Å². The van der Waals surface area contributed by atoms with Gasteiger partial charge in [-0.2, -0.15) is 0 Å². The number of likely N-dealkylation sites (N-methyl/N-ethyl adjacent to an activating group) is 1. The van der Waals surface area contributed by atoms with Crippen molar-refractivity contribution >= 4 is 23.2 Å². The number of hydrogen-bond acceptors (Lipinski definition) is 6. The summed E-state index contributed by atoms with van der Waals surface area (Å²) >= 11 is 0. The van der Waals surface area contributed by atoms with Crippen LogP contribution in [0.3, 0.4) is 0 Å². The van der Waals surface area contributed by atoms with E-state index in [2.05, 4.69) is 25.7 Å². The van der Waals surface area contributed by atoms with E-state index in [-0.39, 0.29) is 18.4 Å². The molecule has 0 fully saturated rings. The summed E-state index contributed by atoms with van der Waals surface area (Å²) in [6.45, 7) is 2.98. The highest BCUT2D eigenvalue weighted by molar-refractivity contribution is 6.02. The molecule has 1 aliphatic heterocycles. The fraction of sp³-hybridized carbons (Fsp3) is 0.400. The van der Waals surface area contributed by atoms with Gasteiger partial charge in [-0.25, -0.2) is 4.68 Å². The second-order valence-corrected chi connectivity index (χ2v) is 5.70. The molecule has 0 radical (unpaired) electrons. The minimum Gasteiger partial charge on any atom is -0.371 e. The molecule has 1 atom stereocenters. The molecule has 126 valence electrons. The van der Waals surface area contributed by atoms with E-state index >= 15 is 0 Å². The average molecular weight is 329 g/mol. The Morgan fingerprint density at radius 3 is 2.71 bits per heavy atom. The quantitative estimate of drug-likeness (QED) is 0.824. The molecule has 2 amide bonds. The maximum atomic E-state index is 12.8. The minimum atomic E-state index is -0.634. The minimum absolute atomic E-state index is 0.0239. The summed E-state index contributed by atoms with van der Waals surface area (Å²) < 4.78 is 1.30. The summed E-state index contributed by atoms with van der Waals surface area (Å²) in [6.07, 6.45) is 1.35. The second kappa shape index (κ2) is 6.65. The second-order valence-electron chi connectivity index (χ2n) is 5.70. The Labute approximate surface area is 139 Å². The first-order valence-corrected chi connectivity index (χ1v) is 7.68. The van der Waals surface area contributed by atoms with Crippen molar-refractivity contribution in [1.29, 1.82) is 0 Å². The maximum Gasteiger partial charge on any atom is 0.249 e. The zero-order chi connectivity index (χ0) is 17.1. The topological polar surface area (TPSA) is 96.2 Å². The summed E-state index contributed by atoms with van der Waals surface area (Å²) in [5.41, 5.74) is 1.86. The number of anilines is 2. The molecule has 24 heavy (non-hydrogen) atoms. The number of fused-ring (bicyclic) bond motifs is 1. The molecule has 9 heteroatoms. The summed E-state index contributed by atoms with van der Waals surface area (Å²) in [6, 6.07) is 7.11. The van der Waals surface area contributed by atoms with Crippen molar-refractivity contribution in [3.8, 4) is 0 Å². The van der Waals surface area contributed by atoms with Gasteiger partial charge >= 0.3 is 0 Å². The molecule has 2 heterocycles. The van der Waals surface area contributed by atoms with Crippen LogP contribution in [0.5, 0.6) is 0 Å². The third-order valence-corrected chi connectivity index (χ3v) is 3.95. The van der Waals surface area contributed by atoms with Crippen molar-refractivity contribution < 1.29 is 9.59 Å². The molecule has 1 aromatic carbocycles. The molecule has 1 aromatic heterocycles. The number of hydrogen-bond donors (Lipinski definition) is 1. The van der Waals surface area contributed by atoms with Crippen LogP contribution < -0.4 is 15.1 Å². The zero-order valence-corrected chi connectivity index (χ0v) is 13.6. The van der Waals surface area contributed by atoms with Gasteiger partial charge in [-0.1, -0.05) is 12.1 Å². The maximum absolute atomic E-state index is 12.8. The molecule has 0 aliphatic carbocycles. The van der Waals surface area contributed by atoms with E-state index in [1.165, 1.54) is 11.0 Å². The molecule has 0 bridgehead atoms. The van der Waals surface area contributed by atoms with Gasteiger partial charge in [0.2, 0.25) is 11.8 Å². The number of aromatic nitrogens is 4. The Bertz CT molecular complexity index is 731. The Morgan fingerprint density at radius 1 is 1.25 bits per heavy atom. The molecule has 0 spiro atoms. The van der Waals surface area contributed by atoms with E-state index in [0.717, 1.165) is 17.9 Å². The number of carbonyl (C=O) groups excluding carboxylic acids is 2. The number of nitrogens with zero attached hydrogens (tertiary/aromatic N) is 6. The first kappa shape index (κ1) is 15.9. The van der Waals surface area contributed by atoms with Crippen LogP contribution in [-0.4, -0.2) is 58.2 Å².